The molecule has 1 saturated heterocycles. The monoisotopic (exact) mass is 270 g/mol. The van der Waals surface area contributed by atoms with Gasteiger partial charge >= 0.3 is 0 Å². The Morgan fingerprint density at radius 1 is 1.20 bits per heavy atom. The molecule has 0 amide bonds. The minimum Gasteiger partial charge on any atom is -0.396 e. The second-order valence-electron chi connectivity index (χ2n) is 5.62. The fourth-order valence-corrected chi connectivity index (χ4v) is 3.26. The van der Waals surface area contributed by atoms with Crippen LogP contribution in [0, 0.1) is 0 Å². The number of pyridine rings is 1. The first kappa shape index (κ1) is 13.5. The van der Waals surface area contributed by atoms with Crippen LogP contribution in [0.1, 0.15) is 31.2 Å². The zero-order valence-electron chi connectivity index (χ0n) is 11.8. The smallest absolute Gasteiger partial charge is 0.0705 e. The SMILES string of the molecule is OCCC1CCCCN1Cc1ccnc2ccccc12. The third-order valence-electron chi connectivity index (χ3n) is 4.32. The summed E-state index contributed by atoms with van der Waals surface area (Å²) >= 11 is 0. The zero-order chi connectivity index (χ0) is 13.8. The van der Waals surface area contributed by atoms with Gasteiger partial charge < -0.3 is 5.11 Å². The number of fused-ring (bicyclic) bond motifs is 1. The molecule has 0 spiro atoms. The lowest BCUT2D eigenvalue weighted by Crippen LogP contribution is -2.39. The lowest BCUT2D eigenvalue weighted by molar-refractivity contribution is 0.113. The van der Waals surface area contributed by atoms with E-state index < -0.39 is 0 Å². The van der Waals surface area contributed by atoms with Crippen LogP contribution in [0.5, 0.6) is 0 Å². The number of benzene rings is 1. The lowest BCUT2D eigenvalue weighted by atomic mass is 9.98. The van der Waals surface area contributed by atoms with Crippen LogP contribution in [0.2, 0.25) is 0 Å². The highest BCUT2D eigenvalue weighted by Gasteiger charge is 2.22. The molecule has 1 aliphatic heterocycles. The highest BCUT2D eigenvalue weighted by atomic mass is 16.3. The molecule has 1 unspecified atom stereocenters. The number of aromatic nitrogens is 1. The average Bonchev–Trinajstić information content (AvgIpc) is 2.50. The van der Waals surface area contributed by atoms with Crippen LogP contribution in [0.25, 0.3) is 10.9 Å². The average molecular weight is 270 g/mol. The molecule has 2 aromatic rings. The largest absolute Gasteiger partial charge is 0.396 e. The van der Waals surface area contributed by atoms with Crippen LogP contribution in [0.4, 0.5) is 0 Å². The molecule has 0 radical (unpaired) electrons. The molecule has 1 aromatic carbocycles. The standard InChI is InChI=1S/C17H22N2O/c20-12-9-15-5-3-4-11-19(15)13-14-8-10-18-17-7-2-1-6-16(14)17/h1-2,6-8,10,15,20H,3-5,9,11-13H2. The van der Waals surface area contributed by atoms with Crippen molar-refractivity contribution in [2.75, 3.05) is 13.2 Å². The quantitative estimate of drug-likeness (QED) is 0.928. The molecular weight excluding hydrogens is 248 g/mol. The summed E-state index contributed by atoms with van der Waals surface area (Å²) < 4.78 is 0. The Labute approximate surface area is 120 Å². The minimum atomic E-state index is 0.290. The number of likely N-dealkylation sites (tertiary alicyclic amines) is 1. The Morgan fingerprint density at radius 2 is 2.10 bits per heavy atom. The molecule has 1 atom stereocenters. The van der Waals surface area contributed by atoms with Gasteiger partial charge in [0.2, 0.25) is 0 Å². The molecule has 20 heavy (non-hydrogen) atoms. The molecular formula is C17H22N2O. The van der Waals surface area contributed by atoms with E-state index in [1.165, 1.54) is 30.2 Å². The summed E-state index contributed by atoms with van der Waals surface area (Å²) in [5.41, 5.74) is 2.42. The van der Waals surface area contributed by atoms with E-state index in [-0.39, 0.29) is 6.61 Å². The van der Waals surface area contributed by atoms with Gasteiger partial charge in [-0.2, -0.15) is 0 Å². The number of para-hydroxylation sites is 1. The van der Waals surface area contributed by atoms with Gasteiger partial charge in [-0.1, -0.05) is 24.6 Å². The Morgan fingerprint density at radius 3 is 3.00 bits per heavy atom. The predicted molar refractivity (Wildman–Crippen MR) is 81.5 cm³/mol. The van der Waals surface area contributed by atoms with Gasteiger partial charge in [0.05, 0.1) is 5.52 Å². The maximum Gasteiger partial charge on any atom is 0.0705 e. The number of hydrogen-bond donors (Lipinski definition) is 1. The Hall–Kier alpha value is -1.45. The van der Waals surface area contributed by atoms with Gasteiger partial charge in [0.15, 0.2) is 0 Å². The van der Waals surface area contributed by atoms with Crippen LogP contribution in [-0.4, -0.2) is 34.2 Å². The summed E-state index contributed by atoms with van der Waals surface area (Å²) in [5.74, 6) is 0. The van der Waals surface area contributed by atoms with E-state index in [4.69, 9.17) is 0 Å². The molecule has 3 heteroatoms. The normalized spacial score (nSPS) is 20.4. The summed E-state index contributed by atoms with van der Waals surface area (Å²) in [6, 6.07) is 11.0. The first-order chi connectivity index (χ1) is 9.88. The molecule has 3 nitrogen and oxygen atoms in total. The third-order valence-corrected chi connectivity index (χ3v) is 4.32. The second-order valence-corrected chi connectivity index (χ2v) is 5.62. The summed E-state index contributed by atoms with van der Waals surface area (Å²) in [7, 11) is 0. The molecule has 0 saturated carbocycles. The number of aliphatic hydroxyl groups is 1. The summed E-state index contributed by atoms with van der Waals surface area (Å²) in [6.45, 7) is 2.40. The van der Waals surface area contributed by atoms with Crippen LogP contribution < -0.4 is 0 Å². The lowest BCUT2D eigenvalue weighted by Gasteiger charge is -2.35. The van der Waals surface area contributed by atoms with Gasteiger partial charge in [-0.15, -0.1) is 0 Å². The van der Waals surface area contributed by atoms with Crippen molar-refractivity contribution in [3.63, 3.8) is 0 Å². The van der Waals surface area contributed by atoms with Gasteiger partial charge in [0.25, 0.3) is 0 Å². The van der Waals surface area contributed by atoms with E-state index in [1.54, 1.807) is 0 Å². The van der Waals surface area contributed by atoms with Gasteiger partial charge in [0, 0.05) is 30.8 Å². The molecule has 3 rings (SSSR count). The Balaban J connectivity index is 1.84. The molecule has 2 heterocycles. The van der Waals surface area contributed by atoms with Gasteiger partial charge in [-0.05, 0) is 43.5 Å². The molecule has 1 aromatic heterocycles. The molecule has 0 aliphatic carbocycles. The molecule has 1 N–H and O–H groups in total. The van der Waals surface area contributed by atoms with Crippen molar-refractivity contribution in [3.8, 4) is 0 Å². The van der Waals surface area contributed by atoms with Crippen molar-refractivity contribution in [3.05, 3.63) is 42.1 Å². The van der Waals surface area contributed by atoms with E-state index >= 15 is 0 Å². The van der Waals surface area contributed by atoms with Crippen molar-refractivity contribution in [2.45, 2.75) is 38.3 Å². The van der Waals surface area contributed by atoms with Crippen molar-refractivity contribution in [2.24, 2.45) is 0 Å². The number of hydrogen-bond acceptors (Lipinski definition) is 3. The summed E-state index contributed by atoms with van der Waals surface area (Å²) in [5, 5.41) is 10.5. The van der Waals surface area contributed by atoms with E-state index in [1.807, 2.05) is 12.3 Å². The fraction of sp³-hybridized carbons (Fsp3) is 0.471. The number of piperidine rings is 1. The van der Waals surface area contributed by atoms with Crippen LogP contribution in [0.15, 0.2) is 36.5 Å². The third kappa shape index (κ3) is 2.84. The first-order valence-electron chi connectivity index (χ1n) is 7.56. The Bertz CT molecular complexity index is 562. The fourth-order valence-electron chi connectivity index (χ4n) is 3.26. The van der Waals surface area contributed by atoms with E-state index in [0.29, 0.717) is 6.04 Å². The van der Waals surface area contributed by atoms with Crippen LogP contribution >= 0.6 is 0 Å². The predicted octanol–water partition coefficient (Wildman–Crippen LogP) is 2.97. The highest BCUT2D eigenvalue weighted by Crippen LogP contribution is 2.24. The molecule has 1 aliphatic rings. The maximum absolute atomic E-state index is 9.24. The summed E-state index contributed by atoms with van der Waals surface area (Å²) in [6.07, 6.45) is 6.57. The molecule has 106 valence electrons. The second kappa shape index (κ2) is 6.33. The first-order valence-corrected chi connectivity index (χ1v) is 7.56. The van der Waals surface area contributed by atoms with Crippen molar-refractivity contribution in [1.82, 2.24) is 9.88 Å². The molecule has 1 fully saturated rings. The summed E-state index contributed by atoms with van der Waals surface area (Å²) in [4.78, 5) is 6.96. The van der Waals surface area contributed by atoms with Crippen LogP contribution in [0.3, 0.4) is 0 Å². The van der Waals surface area contributed by atoms with Gasteiger partial charge in [0.1, 0.15) is 0 Å². The van der Waals surface area contributed by atoms with Crippen molar-refractivity contribution < 1.29 is 5.11 Å². The topological polar surface area (TPSA) is 36.4 Å². The number of nitrogens with zero attached hydrogens (tertiary/aromatic N) is 2. The van der Waals surface area contributed by atoms with Gasteiger partial charge in [-0.3, -0.25) is 9.88 Å². The van der Waals surface area contributed by atoms with E-state index in [0.717, 1.165) is 25.0 Å². The zero-order valence-corrected chi connectivity index (χ0v) is 11.8. The van der Waals surface area contributed by atoms with Crippen LogP contribution in [-0.2, 0) is 6.54 Å². The number of aliphatic hydroxyl groups excluding tert-OH is 1. The van der Waals surface area contributed by atoms with E-state index in [9.17, 15) is 5.11 Å². The van der Waals surface area contributed by atoms with Crippen molar-refractivity contribution >= 4 is 10.9 Å². The van der Waals surface area contributed by atoms with Crippen molar-refractivity contribution in [1.29, 1.82) is 0 Å². The molecule has 0 bridgehead atoms. The Kier molecular flexibility index (Phi) is 4.28. The highest BCUT2D eigenvalue weighted by molar-refractivity contribution is 5.81. The van der Waals surface area contributed by atoms with Gasteiger partial charge in [-0.25, -0.2) is 0 Å². The maximum atomic E-state index is 9.24. The minimum absolute atomic E-state index is 0.290. The van der Waals surface area contributed by atoms with E-state index in [2.05, 4.69) is 34.1 Å². The number of rotatable bonds is 4.